The summed E-state index contributed by atoms with van der Waals surface area (Å²) in [4.78, 5) is 13.9. The van der Waals surface area contributed by atoms with Gasteiger partial charge in [0.15, 0.2) is 11.5 Å². The molecule has 1 aromatic carbocycles. The minimum absolute atomic E-state index is 0.100. The van der Waals surface area contributed by atoms with Crippen LogP contribution >= 0.6 is 11.3 Å². The number of amides is 1. The minimum atomic E-state index is -0.263. The molecule has 0 bridgehead atoms. The van der Waals surface area contributed by atoms with Crippen molar-refractivity contribution in [1.29, 1.82) is 0 Å². The second-order valence-electron chi connectivity index (χ2n) is 5.89. The molecule has 1 fully saturated rings. The number of methoxy groups -OCH3 is 2. The molecular formula is C18H21NO4S. The Labute approximate surface area is 145 Å². The molecule has 0 radical (unpaired) electrons. The van der Waals surface area contributed by atoms with Crippen LogP contribution in [0, 0.1) is 5.92 Å². The molecule has 0 saturated heterocycles. The smallest absolute Gasteiger partial charge is 0.255 e. The fourth-order valence-corrected chi connectivity index (χ4v) is 3.95. The van der Waals surface area contributed by atoms with E-state index in [0.717, 1.165) is 4.88 Å². The number of benzene rings is 1. The average molecular weight is 347 g/mol. The highest BCUT2D eigenvalue weighted by molar-refractivity contribution is 7.10. The molecular weight excluding hydrogens is 326 g/mol. The standard InChI is InChI=1S/C18H21NO4S/c1-22-14-6-3-5-13(17(14)23-2)18(21)19-16(11-9-12(20)10-11)15-7-4-8-24-15/h3-8,11-12,16,20H,9-10H2,1-2H3,(H,19,21)/t11?,12?,16-/m0/s1. The summed E-state index contributed by atoms with van der Waals surface area (Å²) in [6.45, 7) is 0. The van der Waals surface area contributed by atoms with Gasteiger partial charge in [0.25, 0.3) is 5.91 Å². The third kappa shape index (κ3) is 3.25. The largest absolute Gasteiger partial charge is 0.493 e. The molecule has 1 atom stereocenters. The maximum Gasteiger partial charge on any atom is 0.255 e. The summed E-state index contributed by atoms with van der Waals surface area (Å²) in [6.07, 6.45) is 1.15. The van der Waals surface area contributed by atoms with Crippen molar-refractivity contribution in [2.75, 3.05) is 14.2 Å². The molecule has 1 aromatic heterocycles. The topological polar surface area (TPSA) is 67.8 Å². The molecule has 3 rings (SSSR count). The van der Waals surface area contributed by atoms with Crippen LogP contribution in [0.4, 0.5) is 0 Å². The normalized spacial score (nSPS) is 20.8. The first-order valence-corrected chi connectivity index (χ1v) is 8.75. The van der Waals surface area contributed by atoms with E-state index in [0.29, 0.717) is 29.9 Å². The SMILES string of the molecule is COc1cccc(C(=O)N[C@H](c2cccs2)C2CC(O)C2)c1OC. The van der Waals surface area contributed by atoms with Gasteiger partial charge in [-0.1, -0.05) is 12.1 Å². The van der Waals surface area contributed by atoms with Gasteiger partial charge in [-0.2, -0.15) is 0 Å². The fraction of sp³-hybridized carbons (Fsp3) is 0.389. The monoisotopic (exact) mass is 347 g/mol. The highest BCUT2D eigenvalue weighted by atomic mass is 32.1. The Morgan fingerprint density at radius 3 is 2.62 bits per heavy atom. The van der Waals surface area contributed by atoms with Crippen molar-refractivity contribution in [1.82, 2.24) is 5.32 Å². The first kappa shape index (κ1) is 16.8. The van der Waals surface area contributed by atoms with Gasteiger partial charge in [0, 0.05) is 4.88 Å². The van der Waals surface area contributed by atoms with Crippen LogP contribution in [0.5, 0.6) is 11.5 Å². The zero-order valence-corrected chi connectivity index (χ0v) is 14.5. The maximum absolute atomic E-state index is 12.8. The van der Waals surface area contributed by atoms with Crippen molar-refractivity contribution < 1.29 is 19.4 Å². The summed E-state index contributed by atoms with van der Waals surface area (Å²) in [6, 6.07) is 9.14. The van der Waals surface area contributed by atoms with Gasteiger partial charge in [-0.3, -0.25) is 4.79 Å². The van der Waals surface area contributed by atoms with Crippen molar-refractivity contribution in [3.05, 3.63) is 46.2 Å². The number of nitrogens with one attached hydrogen (secondary N) is 1. The molecule has 0 spiro atoms. The first-order chi connectivity index (χ1) is 11.6. The average Bonchev–Trinajstić information content (AvgIpc) is 3.10. The van der Waals surface area contributed by atoms with Gasteiger partial charge in [-0.05, 0) is 42.3 Å². The lowest BCUT2D eigenvalue weighted by molar-refractivity contribution is 0.0241. The van der Waals surface area contributed by atoms with Gasteiger partial charge in [0.1, 0.15) is 0 Å². The quantitative estimate of drug-likeness (QED) is 0.843. The van der Waals surface area contributed by atoms with Crippen LogP contribution in [0.2, 0.25) is 0 Å². The number of para-hydroxylation sites is 1. The molecule has 5 nitrogen and oxygen atoms in total. The number of hydrogen-bond donors (Lipinski definition) is 2. The van der Waals surface area contributed by atoms with Crippen LogP contribution in [0.15, 0.2) is 35.7 Å². The summed E-state index contributed by atoms with van der Waals surface area (Å²) in [5.41, 5.74) is 0.443. The van der Waals surface area contributed by atoms with E-state index in [1.165, 1.54) is 7.11 Å². The van der Waals surface area contributed by atoms with Crippen molar-refractivity contribution in [2.24, 2.45) is 5.92 Å². The molecule has 2 N–H and O–H groups in total. The number of ether oxygens (including phenoxy) is 2. The fourth-order valence-electron chi connectivity index (χ4n) is 3.08. The number of thiophene rings is 1. The molecule has 0 unspecified atom stereocenters. The van der Waals surface area contributed by atoms with Crippen LogP contribution in [0.3, 0.4) is 0 Å². The Morgan fingerprint density at radius 1 is 1.25 bits per heavy atom. The van der Waals surface area contributed by atoms with Crippen molar-refractivity contribution in [3.8, 4) is 11.5 Å². The zero-order valence-electron chi connectivity index (χ0n) is 13.7. The lowest BCUT2D eigenvalue weighted by Gasteiger charge is -2.37. The lowest BCUT2D eigenvalue weighted by Crippen LogP contribution is -2.41. The van der Waals surface area contributed by atoms with E-state index in [1.807, 2.05) is 17.5 Å². The predicted molar refractivity (Wildman–Crippen MR) is 92.8 cm³/mol. The number of carbonyl (C=O) groups excluding carboxylic acids is 1. The highest BCUT2D eigenvalue weighted by Crippen LogP contribution is 2.40. The molecule has 1 heterocycles. The molecule has 24 heavy (non-hydrogen) atoms. The van der Waals surface area contributed by atoms with Gasteiger partial charge in [0.2, 0.25) is 0 Å². The van der Waals surface area contributed by atoms with Crippen molar-refractivity contribution in [3.63, 3.8) is 0 Å². The number of aliphatic hydroxyl groups is 1. The van der Waals surface area contributed by atoms with E-state index in [-0.39, 0.29) is 24.0 Å². The van der Waals surface area contributed by atoms with E-state index in [2.05, 4.69) is 5.32 Å². The number of hydrogen-bond acceptors (Lipinski definition) is 5. The predicted octanol–water partition coefficient (Wildman–Crippen LogP) is 3.01. The molecule has 1 amide bonds. The van der Waals surface area contributed by atoms with Crippen LogP contribution in [0.25, 0.3) is 0 Å². The maximum atomic E-state index is 12.8. The van der Waals surface area contributed by atoms with Crippen LogP contribution in [-0.4, -0.2) is 31.3 Å². The molecule has 1 aliphatic rings. The summed E-state index contributed by atoms with van der Waals surface area (Å²) >= 11 is 1.61. The number of rotatable bonds is 6. The summed E-state index contributed by atoms with van der Waals surface area (Å²) in [7, 11) is 3.07. The Hall–Kier alpha value is -2.05. The van der Waals surface area contributed by atoms with Crippen molar-refractivity contribution >= 4 is 17.2 Å². The zero-order chi connectivity index (χ0) is 17.1. The Kier molecular flexibility index (Phi) is 5.06. The molecule has 6 heteroatoms. The van der Waals surface area contributed by atoms with Gasteiger partial charge < -0.3 is 19.9 Å². The van der Waals surface area contributed by atoms with E-state index in [4.69, 9.17) is 9.47 Å². The van der Waals surface area contributed by atoms with Gasteiger partial charge >= 0.3 is 0 Å². The summed E-state index contributed by atoms with van der Waals surface area (Å²) < 4.78 is 10.6. The van der Waals surface area contributed by atoms with E-state index >= 15 is 0 Å². The van der Waals surface area contributed by atoms with Gasteiger partial charge in [-0.15, -0.1) is 11.3 Å². The second kappa shape index (κ2) is 7.23. The third-order valence-electron chi connectivity index (χ3n) is 4.40. The molecule has 1 saturated carbocycles. The Morgan fingerprint density at radius 2 is 2.04 bits per heavy atom. The number of carbonyl (C=O) groups is 1. The van der Waals surface area contributed by atoms with E-state index < -0.39 is 0 Å². The van der Waals surface area contributed by atoms with Crippen LogP contribution < -0.4 is 14.8 Å². The minimum Gasteiger partial charge on any atom is -0.493 e. The first-order valence-electron chi connectivity index (χ1n) is 7.87. The Bertz CT molecular complexity index is 695. The lowest BCUT2D eigenvalue weighted by atomic mass is 9.76. The Balaban J connectivity index is 1.84. The summed E-state index contributed by atoms with van der Waals surface area (Å²) in [5, 5.41) is 14.7. The van der Waals surface area contributed by atoms with Crippen LogP contribution in [-0.2, 0) is 0 Å². The summed E-state index contributed by atoms with van der Waals surface area (Å²) in [5.74, 6) is 0.998. The molecule has 0 aliphatic heterocycles. The highest BCUT2D eigenvalue weighted by Gasteiger charge is 2.36. The third-order valence-corrected chi connectivity index (χ3v) is 5.36. The molecule has 2 aromatic rings. The van der Waals surface area contributed by atoms with E-state index in [1.54, 1.807) is 36.6 Å². The van der Waals surface area contributed by atoms with Gasteiger partial charge in [-0.25, -0.2) is 0 Å². The second-order valence-corrected chi connectivity index (χ2v) is 6.87. The van der Waals surface area contributed by atoms with E-state index in [9.17, 15) is 9.90 Å². The molecule has 128 valence electrons. The van der Waals surface area contributed by atoms with Crippen molar-refractivity contribution in [2.45, 2.75) is 25.0 Å². The van der Waals surface area contributed by atoms with Gasteiger partial charge in [0.05, 0.1) is 31.9 Å². The molecule has 1 aliphatic carbocycles. The van der Waals surface area contributed by atoms with Crippen LogP contribution in [0.1, 0.15) is 34.1 Å². The number of aliphatic hydroxyl groups excluding tert-OH is 1.